The summed E-state index contributed by atoms with van der Waals surface area (Å²) in [4.78, 5) is 15.7. The largest absolute Gasteiger partial charge is 0.352 e. The molecule has 12 heavy (non-hydrogen) atoms. The quantitative estimate of drug-likeness (QED) is 0.418. The van der Waals surface area contributed by atoms with E-state index < -0.39 is 6.03 Å². The SMILES string of the molecule is O=C(N=C=S)N(CCCl)CCCl. The molecular formula is C6H8Cl2N2OS. The van der Waals surface area contributed by atoms with E-state index in [1.54, 1.807) is 0 Å². The van der Waals surface area contributed by atoms with Crippen LogP contribution in [0.2, 0.25) is 0 Å². The first-order valence-corrected chi connectivity index (χ1v) is 4.72. The molecule has 0 aliphatic rings. The van der Waals surface area contributed by atoms with E-state index in [1.807, 2.05) is 5.16 Å². The van der Waals surface area contributed by atoms with Gasteiger partial charge in [0.1, 0.15) is 0 Å². The number of rotatable bonds is 4. The number of aliphatic imine (C=N–C) groups is 1. The predicted molar refractivity (Wildman–Crippen MR) is 53.4 cm³/mol. The Bertz CT molecular complexity index is 188. The van der Waals surface area contributed by atoms with Crippen LogP contribution in [0.5, 0.6) is 0 Å². The van der Waals surface area contributed by atoms with E-state index in [-0.39, 0.29) is 0 Å². The Morgan fingerprint density at radius 2 is 1.92 bits per heavy atom. The van der Waals surface area contributed by atoms with Crippen molar-refractivity contribution in [3.05, 3.63) is 0 Å². The van der Waals surface area contributed by atoms with Crippen LogP contribution in [0.1, 0.15) is 0 Å². The van der Waals surface area contributed by atoms with Gasteiger partial charge in [-0.05, 0) is 12.2 Å². The van der Waals surface area contributed by atoms with Crippen LogP contribution >= 0.6 is 35.4 Å². The van der Waals surface area contributed by atoms with E-state index >= 15 is 0 Å². The summed E-state index contributed by atoms with van der Waals surface area (Å²) in [5.41, 5.74) is 0. The number of alkyl halides is 2. The second-order valence-electron chi connectivity index (χ2n) is 1.85. The molecule has 68 valence electrons. The maximum atomic E-state index is 11.0. The van der Waals surface area contributed by atoms with Gasteiger partial charge in [0.2, 0.25) is 0 Å². The Hall–Kier alpha value is -0.150. The van der Waals surface area contributed by atoms with Crippen molar-refractivity contribution >= 4 is 46.6 Å². The average Bonchev–Trinajstić information content (AvgIpc) is 2.04. The van der Waals surface area contributed by atoms with E-state index in [9.17, 15) is 4.79 Å². The van der Waals surface area contributed by atoms with Gasteiger partial charge in [-0.1, -0.05) is 0 Å². The predicted octanol–water partition coefficient (Wildman–Crippen LogP) is 1.99. The minimum Gasteiger partial charge on any atom is -0.320 e. The number of amides is 2. The van der Waals surface area contributed by atoms with Gasteiger partial charge < -0.3 is 4.90 Å². The summed E-state index contributed by atoms with van der Waals surface area (Å²) in [5, 5.41) is 2.00. The lowest BCUT2D eigenvalue weighted by molar-refractivity contribution is 0.214. The Kier molecular flexibility index (Phi) is 7.40. The molecule has 0 radical (unpaired) electrons. The van der Waals surface area contributed by atoms with Gasteiger partial charge in [0.15, 0.2) is 0 Å². The van der Waals surface area contributed by atoms with E-state index in [1.165, 1.54) is 4.90 Å². The Labute approximate surface area is 86.3 Å². The molecule has 0 aromatic carbocycles. The number of carbonyl (C=O) groups is 1. The first-order chi connectivity index (χ1) is 5.76. The van der Waals surface area contributed by atoms with Crippen molar-refractivity contribution in [1.82, 2.24) is 4.90 Å². The molecule has 0 unspecified atom stereocenters. The number of hydrogen-bond acceptors (Lipinski definition) is 2. The summed E-state index contributed by atoms with van der Waals surface area (Å²) < 4.78 is 0. The summed E-state index contributed by atoms with van der Waals surface area (Å²) in [7, 11) is 0. The third-order valence-electron chi connectivity index (χ3n) is 1.12. The van der Waals surface area contributed by atoms with Crippen molar-refractivity contribution in [2.75, 3.05) is 24.8 Å². The smallest absolute Gasteiger partial charge is 0.320 e. The lowest BCUT2D eigenvalue weighted by Crippen LogP contribution is -2.32. The molecule has 6 heteroatoms. The average molecular weight is 227 g/mol. The third kappa shape index (κ3) is 4.67. The monoisotopic (exact) mass is 226 g/mol. The summed E-state index contributed by atoms with van der Waals surface area (Å²) in [6, 6.07) is -0.439. The molecular weight excluding hydrogens is 219 g/mol. The molecule has 0 N–H and O–H groups in total. The van der Waals surface area contributed by atoms with Crippen LogP contribution in [-0.2, 0) is 0 Å². The van der Waals surface area contributed by atoms with Crippen LogP contribution in [0, 0.1) is 0 Å². The topological polar surface area (TPSA) is 32.7 Å². The summed E-state index contributed by atoms with van der Waals surface area (Å²) >= 11 is 15.2. The Morgan fingerprint density at radius 1 is 1.42 bits per heavy atom. The van der Waals surface area contributed by atoms with E-state index in [2.05, 4.69) is 17.2 Å². The molecule has 0 rings (SSSR count). The van der Waals surface area contributed by atoms with Gasteiger partial charge in [-0.25, -0.2) is 4.79 Å². The standard InChI is InChI=1S/C6H8Cl2N2OS/c7-1-3-10(4-2-8)6(11)9-5-12/h1-4H2. The molecule has 0 aliphatic carbocycles. The van der Waals surface area contributed by atoms with Crippen molar-refractivity contribution < 1.29 is 4.79 Å². The molecule has 3 nitrogen and oxygen atoms in total. The minimum atomic E-state index is -0.439. The van der Waals surface area contributed by atoms with Gasteiger partial charge in [0.05, 0.1) is 5.16 Å². The van der Waals surface area contributed by atoms with Crippen LogP contribution in [-0.4, -0.2) is 40.9 Å². The summed E-state index contributed by atoms with van der Waals surface area (Å²) in [6.45, 7) is 0.848. The number of isothiocyanates is 1. The zero-order chi connectivity index (χ0) is 9.40. The lowest BCUT2D eigenvalue weighted by Gasteiger charge is -2.16. The van der Waals surface area contributed by atoms with Crippen molar-refractivity contribution in [2.45, 2.75) is 0 Å². The highest BCUT2D eigenvalue weighted by molar-refractivity contribution is 7.78. The zero-order valence-electron chi connectivity index (χ0n) is 6.30. The number of nitrogens with zero attached hydrogens (tertiary/aromatic N) is 2. The molecule has 0 fully saturated rings. The molecule has 0 atom stereocenters. The molecule has 0 bridgehead atoms. The van der Waals surface area contributed by atoms with Crippen LogP contribution in [0.15, 0.2) is 4.99 Å². The van der Waals surface area contributed by atoms with Gasteiger partial charge in [0, 0.05) is 24.8 Å². The molecule has 0 aliphatic heterocycles. The molecule has 2 amide bonds. The second kappa shape index (κ2) is 7.50. The minimum absolute atomic E-state index is 0.357. The van der Waals surface area contributed by atoms with E-state index in [4.69, 9.17) is 23.2 Å². The number of halogens is 2. The molecule has 0 heterocycles. The highest BCUT2D eigenvalue weighted by Crippen LogP contribution is 1.95. The second-order valence-corrected chi connectivity index (χ2v) is 2.79. The fourth-order valence-electron chi connectivity index (χ4n) is 0.617. The van der Waals surface area contributed by atoms with Crippen molar-refractivity contribution in [2.24, 2.45) is 4.99 Å². The zero-order valence-corrected chi connectivity index (χ0v) is 8.62. The highest BCUT2D eigenvalue weighted by atomic mass is 35.5. The van der Waals surface area contributed by atoms with Gasteiger partial charge in [-0.2, -0.15) is 0 Å². The van der Waals surface area contributed by atoms with Crippen molar-refractivity contribution in [1.29, 1.82) is 0 Å². The molecule has 0 aromatic heterocycles. The fraction of sp³-hybridized carbons (Fsp3) is 0.667. The van der Waals surface area contributed by atoms with Crippen LogP contribution in [0.4, 0.5) is 4.79 Å². The fourth-order valence-corrected chi connectivity index (χ4v) is 1.10. The summed E-state index contributed by atoms with van der Waals surface area (Å²) in [6.07, 6.45) is 0. The van der Waals surface area contributed by atoms with Gasteiger partial charge >= 0.3 is 6.03 Å². The van der Waals surface area contributed by atoms with Crippen molar-refractivity contribution in [3.63, 3.8) is 0 Å². The van der Waals surface area contributed by atoms with Gasteiger partial charge in [-0.3, -0.25) is 0 Å². The first kappa shape index (κ1) is 11.8. The first-order valence-electron chi connectivity index (χ1n) is 3.25. The lowest BCUT2D eigenvalue weighted by atomic mass is 10.5. The molecule has 0 saturated heterocycles. The van der Waals surface area contributed by atoms with Crippen LogP contribution < -0.4 is 0 Å². The maximum absolute atomic E-state index is 11.0. The maximum Gasteiger partial charge on any atom is 0.352 e. The molecule has 0 saturated carbocycles. The normalized spacial score (nSPS) is 8.83. The van der Waals surface area contributed by atoms with Crippen LogP contribution in [0.3, 0.4) is 0 Å². The van der Waals surface area contributed by atoms with Gasteiger partial charge in [-0.15, -0.1) is 28.2 Å². The molecule has 0 spiro atoms. The number of hydrogen-bond donors (Lipinski definition) is 0. The van der Waals surface area contributed by atoms with E-state index in [0.717, 1.165) is 0 Å². The molecule has 0 aromatic rings. The van der Waals surface area contributed by atoms with Crippen LogP contribution in [0.25, 0.3) is 0 Å². The van der Waals surface area contributed by atoms with Gasteiger partial charge in [0.25, 0.3) is 0 Å². The third-order valence-corrected chi connectivity index (χ3v) is 1.55. The van der Waals surface area contributed by atoms with Crippen molar-refractivity contribution in [3.8, 4) is 0 Å². The number of carbonyl (C=O) groups excluding carboxylic acids is 1. The Morgan fingerprint density at radius 3 is 2.25 bits per heavy atom. The highest BCUT2D eigenvalue weighted by Gasteiger charge is 2.09. The van der Waals surface area contributed by atoms with E-state index in [0.29, 0.717) is 24.8 Å². The summed E-state index contributed by atoms with van der Waals surface area (Å²) in [5.74, 6) is 0.713. The number of urea groups is 1. The Balaban J connectivity index is 4.07. The number of thiocarbonyl (C=S) groups is 1.